The maximum absolute atomic E-state index is 12.2. The van der Waals surface area contributed by atoms with Crippen LogP contribution < -0.4 is 15.4 Å². The molecule has 0 aliphatic heterocycles. The lowest BCUT2D eigenvalue weighted by atomic mass is 9.84. The van der Waals surface area contributed by atoms with Gasteiger partial charge in [0.25, 0.3) is 0 Å². The number of para-hydroxylation sites is 2. The zero-order valence-corrected chi connectivity index (χ0v) is 14.4. The molecule has 2 N–H and O–H groups in total. The van der Waals surface area contributed by atoms with Crippen molar-refractivity contribution in [2.75, 3.05) is 11.9 Å². The van der Waals surface area contributed by atoms with Gasteiger partial charge in [0.1, 0.15) is 5.75 Å². The third-order valence-electron chi connectivity index (χ3n) is 5.44. The second-order valence-electron chi connectivity index (χ2n) is 6.98. The number of hydrogen-bond acceptors (Lipinski definition) is 3. The Balaban J connectivity index is 1.56. The van der Waals surface area contributed by atoms with Gasteiger partial charge < -0.3 is 15.4 Å². The van der Waals surface area contributed by atoms with Crippen molar-refractivity contribution in [3.8, 4) is 5.75 Å². The molecule has 0 saturated heterocycles. The highest BCUT2D eigenvalue weighted by atomic mass is 16.5. The van der Waals surface area contributed by atoms with E-state index in [9.17, 15) is 9.59 Å². The van der Waals surface area contributed by atoms with E-state index in [1.807, 2.05) is 19.9 Å². The number of carbonyl (C=O) groups is 2. The predicted molar refractivity (Wildman–Crippen MR) is 92.8 cm³/mol. The maximum atomic E-state index is 12.2. The molecule has 2 aliphatic rings. The second-order valence-corrected chi connectivity index (χ2v) is 6.98. The summed E-state index contributed by atoms with van der Waals surface area (Å²) < 4.78 is 5.47. The van der Waals surface area contributed by atoms with Crippen molar-refractivity contribution in [1.29, 1.82) is 0 Å². The Labute approximate surface area is 143 Å². The van der Waals surface area contributed by atoms with Crippen LogP contribution in [0.1, 0.15) is 39.5 Å². The fraction of sp³-hybridized carbons (Fsp3) is 0.579. The molecule has 2 aliphatic carbocycles. The molecule has 5 heteroatoms. The van der Waals surface area contributed by atoms with Gasteiger partial charge in [-0.2, -0.15) is 0 Å². The summed E-state index contributed by atoms with van der Waals surface area (Å²) in [7, 11) is 0. The first-order chi connectivity index (χ1) is 11.6. The van der Waals surface area contributed by atoms with Crippen molar-refractivity contribution in [3.63, 3.8) is 0 Å². The van der Waals surface area contributed by atoms with E-state index in [2.05, 4.69) is 10.6 Å². The summed E-state index contributed by atoms with van der Waals surface area (Å²) in [5.74, 6) is 1.41. The van der Waals surface area contributed by atoms with Crippen LogP contribution in [0.3, 0.4) is 0 Å². The van der Waals surface area contributed by atoms with E-state index in [4.69, 9.17) is 4.74 Å². The van der Waals surface area contributed by atoms with Gasteiger partial charge in [0.05, 0.1) is 12.3 Å². The van der Waals surface area contributed by atoms with Gasteiger partial charge in [-0.3, -0.25) is 9.59 Å². The molecule has 130 valence electrons. The van der Waals surface area contributed by atoms with Crippen LogP contribution in [-0.4, -0.2) is 24.5 Å². The largest absolute Gasteiger partial charge is 0.492 e. The van der Waals surface area contributed by atoms with Gasteiger partial charge in [0, 0.05) is 6.04 Å². The van der Waals surface area contributed by atoms with Gasteiger partial charge in [0.15, 0.2) is 0 Å². The van der Waals surface area contributed by atoms with Crippen molar-refractivity contribution < 1.29 is 14.3 Å². The fourth-order valence-corrected chi connectivity index (χ4v) is 4.32. The highest BCUT2D eigenvalue weighted by Crippen LogP contribution is 2.49. The van der Waals surface area contributed by atoms with Crippen molar-refractivity contribution >= 4 is 17.5 Å². The summed E-state index contributed by atoms with van der Waals surface area (Å²) in [4.78, 5) is 24.4. The molecule has 3 rings (SSSR count). The molecule has 0 spiro atoms. The predicted octanol–water partition coefficient (Wildman–Crippen LogP) is 2.96. The highest BCUT2D eigenvalue weighted by Gasteiger charge is 2.42. The average Bonchev–Trinajstić information content (AvgIpc) is 3.20. The summed E-state index contributed by atoms with van der Waals surface area (Å²) in [6.07, 6.45) is 5.07. The number of benzene rings is 1. The number of ether oxygens (including phenoxy) is 1. The van der Waals surface area contributed by atoms with E-state index < -0.39 is 11.8 Å². The van der Waals surface area contributed by atoms with Crippen LogP contribution in [0.25, 0.3) is 0 Å². The molecule has 4 atom stereocenters. The third kappa shape index (κ3) is 3.55. The number of fused-ring (bicyclic) bond motifs is 2. The van der Waals surface area contributed by atoms with Gasteiger partial charge in [0.2, 0.25) is 0 Å². The normalized spacial score (nSPS) is 26.0. The Morgan fingerprint density at radius 1 is 1.21 bits per heavy atom. The van der Waals surface area contributed by atoms with E-state index in [-0.39, 0.29) is 6.04 Å². The summed E-state index contributed by atoms with van der Waals surface area (Å²) in [6.45, 7) is 4.40. The van der Waals surface area contributed by atoms with Gasteiger partial charge >= 0.3 is 11.8 Å². The number of carbonyl (C=O) groups excluding carboxylic acids is 2. The van der Waals surface area contributed by atoms with E-state index >= 15 is 0 Å². The van der Waals surface area contributed by atoms with Crippen LogP contribution in [-0.2, 0) is 9.59 Å². The quantitative estimate of drug-likeness (QED) is 0.816. The minimum absolute atomic E-state index is 0.0423. The minimum Gasteiger partial charge on any atom is -0.492 e. The number of anilines is 1. The van der Waals surface area contributed by atoms with Crippen molar-refractivity contribution in [2.45, 2.75) is 45.6 Å². The average molecular weight is 330 g/mol. The molecule has 2 amide bonds. The molecule has 0 radical (unpaired) electrons. The maximum Gasteiger partial charge on any atom is 0.313 e. The van der Waals surface area contributed by atoms with Gasteiger partial charge in [-0.1, -0.05) is 18.6 Å². The monoisotopic (exact) mass is 330 g/mol. The lowest BCUT2D eigenvalue weighted by Gasteiger charge is -2.28. The Morgan fingerprint density at radius 3 is 2.67 bits per heavy atom. The molecule has 1 aromatic carbocycles. The molecular weight excluding hydrogens is 304 g/mol. The van der Waals surface area contributed by atoms with Crippen molar-refractivity contribution in [2.24, 2.45) is 17.8 Å². The molecule has 2 bridgehead atoms. The van der Waals surface area contributed by atoms with E-state index in [1.165, 1.54) is 25.7 Å². The summed E-state index contributed by atoms with van der Waals surface area (Å²) in [5, 5.41) is 5.54. The first kappa shape index (κ1) is 16.8. The SMILES string of the molecule is CCOc1ccccc1NC(=O)C(=O)NC(C)C1CC2CCC1C2. The van der Waals surface area contributed by atoms with E-state index in [0.717, 1.165) is 5.92 Å². The van der Waals surface area contributed by atoms with Crippen LogP contribution in [0.5, 0.6) is 5.75 Å². The summed E-state index contributed by atoms with van der Waals surface area (Å²) in [5.41, 5.74) is 0.520. The molecule has 24 heavy (non-hydrogen) atoms. The lowest BCUT2D eigenvalue weighted by molar-refractivity contribution is -0.136. The Morgan fingerprint density at radius 2 is 2.00 bits per heavy atom. The molecule has 2 saturated carbocycles. The molecule has 0 heterocycles. The van der Waals surface area contributed by atoms with E-state index in [1.54, 1.807) is 18.2 Å². The Kier molecular flexibility index (Phi) is 5.07. The lowest BCUT2D eigenvalue weighted by Crippen LogP contribution is -2.45. The highest BCUT2D eigenvalue weighted by molar-refractivity contribution is 6.39. The number of nitrogens with one attached hydrogen (secondary N) is 2. The van der Waals surface area contributed by atoms with Crippen LogP contribution in [0.15, 0.2) is 24.3 Å². The standard InChI is InChI=1S/C19H26N2O3/c1-3-24-17-7-5-4-6-16(17)21-19(23)18(22)20-12(2)15-11-13-8-9-14(15)10-13/h4-7,12-15H,3,8-11H2,1-2H3,(H,20,22)(H,21,23). The molecule has 0 aromatic heterocycles. The molecule has 2 fully saturated rings. The van der Waals surface area contributed by atoms with Gasteiger partial charge in [-0.05, 0) is 63.0 Å². The Bertz CT molecular complexity index is 616. The molecule has 1 aromatic rings. The van der Waals surface area contributed by atoms with Crippen LogP contribution in [0, 0.1) is 17.8 Å². The first-order valence-corrected chi connectivity index (χ1v) is 8.92. The van der Waals surface area contributed by atoms with Crippen molar-refractivity contribution in [3.05, 3.63) is 24.3 Å². The minimum atomic E-state index is -0.642. The van der Waals surface area contributed by atoms with Crippen LogP contribution in [0.2, 0.25) is 0 Å². The molecular formula is C19H26N2O3. The van der Waals surface area contributed by atoms with Crippen LogP contribution in [0.4, 0.5) is 5.69 Å². The zero-order valence-electron chi connectivity index (χ0n) is 14.4. The number of rotatable bonds is 5. The van der Waals surface area contributed by atoms with Gasteiger partial charge in [-0.25, -0.2) is 0 Å². The summed E-state index contributed by atoms with van der Waals surface area (Å²) >= 11 is 0. The summed E-state index contributed by atoms with van der Waals surface area (Å²) in [6, 6.07) is 7.18. The third-order valence-corrected chi connectivity index (χ3v) is 5.44. The number of amides is 2. The smallest absolute Gasteiger partial charge is 0.313 e. The second kappa shape index (κ2) is 7.24. The zero-order chi connectivity index (χ0) is 17.1. The molecule has 5 nitrogen and oxygen atoms in total. The molecule has 4 unspecified atom stereocenters. The topological polar surface area (TPSA) is 67.4 Å². The Hall–Kier alpha value is -2.04. The van der Waals surface area contributed by atoms with Crippen molar-refractivity contribution in [1.82, 2.24) is 5.32 Å². The number of hydrogen-bond donors (Lipinski definition) is 2. The van der Waals surface area contributed by atoms with E-state index in [0.29, 0.717) is 29.9 Å². The van der Waals surface area contributed by atoms with Gasteiger partial charge in [-0.15, -0.1) is 0 Å². The van der Waals surface area contributed by atoms with Crippen LogP contribution >= 0.6 is 0 Å². The first-order valence-electron chi connectivity index (χ1n) is 8.92. The fourth-order valence-electron chi connectivity index (χ4n) is 4.32.